The van der Waals surface area contributed by atoms with Gasteiger partial charge in [-0.2, -0.15) is 13.2 Å². The Bertz CT molecular complexity index is 524. The molecular formula is C15H21F3N2O. The first-order chi connectivity index (χ1) is 9.85. The molecule has 0 aliphatic heterocycles. The van der Waals surface area contributed by atoms with Crippen molar-refractivity contribution in [2.24, 2.45) is 13.0 Å². The van der Waals surface area contributed by atoms with Crippen LogP contribution in [0.2, 0.25) is 0 Å². The van der Waals surface area contributed by atoms with E-state index >= 15 is 0 Å². The van der Waals surface area contributed by atoms with Crippen LogP contribution in [-0.2, 0) is 13.6 Å². The number of halogens is 3. The van der Waals surface area contributed by atoms with Gasteiger partial charge in [0.1, 0.15) is 0 Å². The topological polar surface area (TPSA) is 34.0 Å². The first kappa shape index (κ1) is 16.1. The fourth-order valence-corrected chi connectivity index (χ4v) is 2.97. The lowest BCUT2D eigenvalue weighted by Crippen LogP contribution is -2.40. The molecule has 1 heterocycles. The van der Waals surface area contributed by atoms with Gasteiger partial charge in [-0.05, 0) is 30.4 Å². The highest BCUT2D eigenvalue weighted by atomic mass is 19.4. The predicted octanol–water partition coefficient (Wildman–Crippen LogP) is 2.99. The smallest absolute Gasteiger partial charge is 0.319 e. The lowest BCUT2D eigenvalue weighted by molar-refractivity contribution is -0.148. The number of nitrogens with zero attached hydrogens (tertiary/aromatic N) is 1. The normalized spacial score (nSPS) is 23.2. The Balaban J connectivity index is 1.95. The first-order valence-electron chi connectivity index (χ1n) is 7.31. The minimum absolute atomic E-state index is 0.107. The van der Waals surface area contributed by atoms with E-state index in [-0.39, 0.29) is 17.5 Å². The first-order valence-corrected chi connectivity index (χ1v) is 7.31. The van der Waals surface area contributed by atoms with E-state index in [9.17, 15) is 18.0 Å². The molecule has 0 saturated heterocycles. The number of aromatic nitrogens is 1. The molecule has 2 atom stereocenters. The van der Waals surface area contributed by atoms with Crippen molar-refractivity contribution in [3.63, 3.8) is 0 Å². The average Bonchev–Trinajstić information content (AvgIpc) is 2.40. The molecule has 0 amide bonds. The van der Waals surface area contributed by atoms with Gasteiger partial charge in [0.2, 0.25) is 0 Å². The highest BCUT2D eigenvalue weighted by Gasteiger charge is 2.36. The summed E-state index contributed by atoms with van der Waals surface area (Å²) < 4.78 is 39.3. The molecule has 1 saturated carbocycles. The van der Waals surface area contributed by atoms with Crippen LogP contribution in [0, 0.1) is 5.92 Å². The molecule has 118 valence electrons. The highest BCUT2D eigenvalue weighted by Crippen LogP contribution is 2.34. The Kier molecular flexibility index (Phi) is 5.08. The van der Waals surface area contributed by atoms with Gasteiger partial charge in [-0.3, -0.25) is 4.79 Å². The van der Waals surface area contributed by atoms with Gasteiger partial charge in [-0.25, -0.2) is 0 Å². The van der Waals surface area contributed by atoms with Crippen LogP contribution in [-0.4, -0.2) is 16.8 Å². The van der Waals surface area contributed by atoms with Crippen molar-refractivity contribution in [1.82, 2.24) is 9.88 Å². The Morgan fingerprint density at radius 3 is 2.71 bits per heavy atom. The van der Waals surface area contributed by atoms with Gasteiger partial charge < -0.3 is 9.88 Å². The Morgan fingerprint density at radius 2 is 2.05 bits per heavy atom. The largest absolute Gasteiger partial charge is 0.389 e. The van der Waals surface area contributed by atoms with Crippen LogP contribution in [0.5, 0.6) is 0 Å². The third-order valence-electron chi connectivity index (χ3n) is 4.14. The van der Waals surface area contributed by atoms with E-state index in [2.05, 4.69) is 5.32 Å². The third-order valence-corrected chi connectivity index (χ3v) is 4.14. The summed E-state index contributed by atoms with van der Waals surface area (Å²) in [5, 5.41) is 3.21. The zero-order valence-corrected chi connectivity index (χ0v) is 12.1. The Hall–Kier alpha value is -1.30. The summed E-state index contributed by atoms with van der Waals surface area (Å²) >= 11 is 0. The van der Waals surface area contributed by atoms with Gasteiger partial charge in [-0.1, -0.05) is 12.8 Å². The monoisotopic (exact) mass is 302 g/mol. The van der Waals surface area contributed by atoms with Crippen LogP contribution >= 0.6 is 0 Å². The average molecular weight is 302 g/mol. The second-order valence-corrected chi connectivity index (χ2v) is 5.84. The number of aryl methyl sites for hydroxylation is 1. The van der Waals surface area contributed by atoms with Crippen LogP contribution in [0.4, 0.5) is 13.2 Å². The van der Waals surface area contributed by atoms with E-state index < -0.39 is 12.6 Å². The maximum Gasteiger partial charge on any atom is 0.389 e. The van der Waals surface area contributed by atoms with Crippen molar-refractivity contribution in [3.8, 4) is 0 Å². The van der Waals surface area contributed by atoms with Crippen molar-refractivity contribution in [2.75, 3.05) is 0 Å². The van der Waals surface area contributed by atoms with Gasteiger partial charge in [0.15, 0.2) is 0 Å². The summed E-state index contributed by atoms with van der Waals surface area (Å²) in [5.41, 5.74) is 0.708. The molecule has 0 bridgehead atoms. The molecule has 1 aliphatic carbocycles. The SMILES string of the molecule is Cn1ccc(CN[C@H]2CCCC[C@H]2CC(F)(F)F)cc1=O. The molecule has 6 heteroatoms. The van der Waals surface area contributed by atoms with Crippen molar-refractivity contribution in [2.45, 2.75) is 50.9 Å². The van der Waals surface area contributed by atoms with Gasteiger partial charge in [0, 0.05) is 38.3 Å². The second-order valence-electron chi connectivity index (χ2n) is 5.84. The summed E-state index contributed by atoms with van der Waals surface area (Å²) in [7, 11) is 1.67. The van der Waals surface area contributed by atoms with E-state index in [0.29, 0.717) is 13.0 Å². The molecule has 1 N–H and O–H groups in total. The van der Waals surface area contributed by atoms with Crippen molar-refractivity contribution in [1.29, 1.82) is 0 Å². The number of hydrogen-bond donors (Lipinski definition) is 1. The van der Waals surface area contributed by atoms with E-state index in [0.717, 1.165) is 24.8 Å². The molecule has 0 spiro atoms. The van der Waals surface area contributed by atoms with Gasteiger partial charge in [0.05, 0.1) is 0 Å². The Labute approximate surface area is 122 Å². The lowest BCUT2D eigenvalue weighted by atomic mass is 9.82. The lowest BCUT2D eigenvalue weighted by Gasteiger charge is -2.33. The van der Waals surface area contributed by atoms with Crippen LogP contribution in [0.25, 0.3) is 0 Å². The van der Waals surface area contributed by atoms with Crippen LogP contribution in [0.3, 0.4) is 0 Å². The maximum atomic E-state index is 12.6. The van der Waals surface area contributed by atoms with Crippen LogP contribution < -0.4 is 10.9 Å². The molecule has 0 unspecified atom stereocenters. The fraction of sp³-hybridized carbons (Fsp3) is 0.667. The molecule has 1 fully saturated rings. The van der Waals surface area contributed by atoms with E-state index in [4.69, 9.17) is 0 Å². The van der Waals surface area contributed by atoms with Crippen LogP contribution in [0.15, 0.2) is 23.1 Å². The summed E-state index contributed by atoms with van der Waals surface area (Å²) in [4.78, 5) is 11.5. The molecule has 2 rings (SSSR count). The van der Waals surface area contributed by atoms with Crippen molar-refractivity contribution >= 4 is 0 Å². The predicted molar refractivity (Wildman–Crippen MR) is 74.9 cm³/mol. The summed E-state index contributed by atoms with van der Waals surface area (Å²) in [6.07, 6.45) is 0.0615. The fourth-order valence-electron chi connectivity index (χ4n) is 2.97. The van der Waals surface area contributed by atoms with Gasteiger partial charge in [0.25, 0.3) is 5.56 Å². The molecule has 1 aromatic rings. The summed E-state index contributed by atoms with van der Waals surface area (Å²) in [6.45, 7) is 0.440. The van der Waals surface area contributed by atoms with Crippen LogP contribution in [0.1, 0.15) is 37.7 Å². The quantitative estimate of drug-likeness (QED) is 0.928. The summed E-state index contributed by atoms with van der Waals surface area (Å²) in [5.74, 6) is -0.356. The standard InChI is InChI=1S/C15H21F3N2O/c1-20-7-6-11(8-14(20)21)10-19-13-5-3-2-4-12(13)9-15(16,17)18/h6-8,12-13,19H,2-5,9-10H2,1H3/t12-,13-/m0/s1. The van der Waals surface area contributed by atoms with E-state index in [1.807, 2.05) is 6.07 Å². The summed E-state index contributed by atoms with van der Waals surface area (Å²) in [6, 6.07) is 3.22. The molecular weight excluding hydrogens is 281 g/mol. The van der Waals surface area contributed by atoms with Crippen molar-refractivity contribution in [3.05, 3.63) is 34.2 Å². The molecule has 0 aromatic carbocycles. The zero-order valence-electron chi connectivity index (χ0n) is 12.1. The number of rotatable bonds is 4. The Morgan fingerprint density at radius 1 is 1.33 bits per heavy atom. The highest BCUT2D eigenvalue weighted by molar-refractivity contribution is 5.10. The number of alkyl halides is 3. The minimum atomic E-state index is -4.11. The zero-order chi connectivity index (χ0) is 15.5. The van der Waals surface area contributed by atoms with Gasteiger partial charge in [-0.15, -0.1) is 0 Å². The van der Waals surface area contributed by atoms with E-state index in [1.54, 1.807) is 13.2 Å². The number of pyridine rings is 1. The number of nitrogens with one attached hydrogen (secondary N) is 1. The maximum absolute atomic E-state index is 12.6. The molecule has 21 heavy (non-hydrogen) atoms. The molecule has 1 aliphatic rings. The van der Waals surface area contributed by atoms with Gasteiger partial charge >= 0.3 is 6.18 Å². The second kappa shape index (κ2) is 6.64. The minimum Gasteiger partial charge on any atom is -0.319 e. The third kappa shape index (κ3) is 4.88. The van der Waals surface area contributed by atoms with Crippen molar-refractivity contribution < 1.29 is 13.2 Å². The molecule has 0 radical (unpaired) electrons. The van der Waals surface area contributed by atoms with E-state index in [1.165, 1.54) is 10.6 Å². The molecule has 1 aromatic heterocycles. The molecule has 3 nitrogen and oxygen atoms in total. The number of hydrogen-bond acceptors (Lipinski definition) is 2.